The number of carbonyl (C=O) groups excluding carboxylic acids is 2. The van der Waals surface area contributed by atoms with Crippen LogP contribution in [-0.4, -0.2) is 56.0 Å². The van der Waals surface area contributed by atoms with Crippen molar-refractivity contribution in [2.45, 2.75) is 33.6 Å². The zero-order valence-corrected chi connectivity index (χ0v) is 19.4. The van der Waals surface area contributed by atoms with Gasteiger partial charge >= 0.3 is 0 Å². The lowest BCUT2D eigenvalue weighted by molar-refractivity contribution is -0.122. The molecule has 6 nitrogen and oxygen atoms in total. The van der Waals surface area contributed by atoms with E-state index in [1.54, 1.807) is 4.90 Å². The number of carbonyl (C=O) groups is 2. The van der Waals surface area contributed by atoms with E-state index in [-0.39, 0.29) is 24.2 Å². The molecule has 1 atom stereocenters. The van der Waals surface area contributed by atoms with Crippen molar-refractivity contribution in [1.82, 2.24) is 4.90 Å². The SMILES string of the molecule is CCc1cccc(N2CC(C(=O)Nc3ccc(N4CCN(CC)CC4)cc3C)CC2=O)c1. The number of rotatable bonds is 6. The fourth-order valence-electron chi connectivity index (χ4n) is 4.62. The first kappa shape index (κ1) is 22.3. The van der Waals surface area contributed by atoms with E-state index in [9.17, 15) is 9.59 Å². The zero-order chi connectivity index (χ0) is 22.7. The molecule has 2 aromatic rings. The van der Waals surface area contributed by atoms with Gasteiger partial charge in [0.05, 0.1) is 5.92 Å². The molecule has 1 N–H and O–H groups in total. The third kappa shape index (κ3) is 4.80. The molecule has 0 radical (unpaired) electrons. The Bertz CT molecular complexity index is 982. The number of amides is 2. The number of piperazine rings is 1. The molecular weight excluding hydrogens is 400 g/mol. The maximum atomic E-state index is 13.0. The van der Waals surface area contributed by atoms with Gasteiger partial charge in [-0.05, 0) is 61.3 Å². The number of benzene rings is 2. The van der Waals surface area contributed by atoms with Crippen LogP contribution in [0.1, 0.15) is 31.4 Å². The molecule has 170 valence electrons. The van der Waals surface area contributed by atoms with Gasteiger partial charge < -0.3 is 20.0 Å². The van der Waals surface area contributed by atoms with Crippen molar-refractivity contribution in [3.05, 3.63) is 53.6 Å². The smallest absolute Gasteiger partial charge is 0.229 e. The lowest BCUT2D eigenvalue weighted by atomic mass is 10.1. The normalized spacial score (nSPS) is 19.5. The van der Waals surface area contributed by atoms with Crippen molar-refractivity contribution >= 4 is 28.9 Å². The van der Waals surface area contributed by atoms with E-state index in [1.807, 2.05) is 31.2 Å². The summed E-state index contributed by atoms with van der Waals surface area (Å²) in [5.41, 5.74) is 5.15. The Balaban J connectivity index is 1.39. The number of aryl methyl sites for hydroxylation is 2. The quantitative estimate of drug-likeness (QED) is 0.753. The Labute approximate surface area is 191 Å². The number of nitrogens with zero attached hydrogens (tertiary/aromatic N) is 3. The summed E-state index contributed by atoms with van der Waals surface area (Å²) in [6, 6.07) is 14.3. The summed E-state index contributed by atoms with van der Waals surface area (Å²) in [7, 11) is 0. The van der Waals surface area contributed by atoms with Gasteiger partial charge in [-0.15, -0.1) is 0 Å². The first-order chi connectivity index (χ1) is 15.5. The molecule has 0 bridgehead atoms. The van der Waals surface area contributed by atoms with Gasteiger partial charge in [-0.25, -0.2) is 0 Å². The van der Waals surface area contributed by atoms with Crippen molar-refractivity contribution in [1.29, 1.82) is 0 Å². The molecular formula is C26H34N4O2. The number of likely N-dealkylation sites (N-methyl/N-ethyl adjacent to an activating group) is 1. The second-order valence-electron chi connectivity index (χ2n) is 8.84. The molecule has 2 aliphatic rings. The van der Waals surface area contributed by atoms with Crippen LogP contribution in [0, 0.1) is 12.8 Å². The second kappa shape index (κ2) is 9.74. The summed E-state index contributed by atoms with van der Waals surface area (Å²) in [6.45, 7) is 12.1. The van der Waals surface area contributed by atoms with Crippen LogP contribution in [-0.2, 0) is 16.0 Å². The van der Waals surface area contributed by atoms with Gasteiger partial charge in [-0.2, -0.15) is 0 Å². The third-order valence-corrected chi connectivity index (χ3v) is 6.78. The van der Waals surface area contributed by atoms with Crippen LogP contribution in [0.25, 0.3) is 0 Å². The number of nitrogens with one attached hydrogen (secondary N) is 1. The Morgan fingerprint density at radius 2 is 1.81 bits per heavy atom. The number of hydrogen-bond donors (Lipinski definition) is 1. The van der Waals surface area contributed by atoms with Crippen molar-refractivity contribution in [2.75, 3.05) is 54.4 Å². The van der Waals surface area contributed by atoms with E-state index in [0.29, 0.717) is 6.54 Å². The van der Waals surface area contributed by atoms with E-state index >= 15 is 0 Å². The average molecular weight is 435 g/mol. The van der Waals surface area contributed by atoms with Gasteiger partial charge in [0.2, 0.25) is 11.8 Å². The van der Waals surface area contributed by atoms with Gasteiger partial charge in [0.1, 0.15) is 0 Å². The first-order valence-corrected chi connectivity index (χ1v) is 11.8. The fraction of sp³-hybridized carbons (Fsp3) is 0.462. The van der Waals surface area contributed by atoms with E-state index in [4.69, 9.17) is 0 Å². The van der Waals surface area contributed by atoms with E-state index in [0.717, 1.165) is 56.1 Å². The molecule has 0 spiro atoms. The largest absolute Gasteiger partial charge is 0.369 e. The zero-order valence-electron chi connectivity index (χ0n) is 19.4. The Morgan fingerprint density at radius 3 is 2.50 bits per heavy atom. The second-order valence-corrected chi connectivity index (χ2v) is 8.84. The lowest BCUT2D eigenvalue weighted by Gasteiger charge is -2.35. The molecule has 0 saturated carbocycles. The molecule has 0 aliphatic carbocycles. The van der Waals surface area contributed by atoms with E-state index in [2.05, 4.69) is 47.2 Å². The van der Waals surface area contributed by atoms with Crippen molar-refractivity contribution in [2.24, 2.45) is 5.92 Å². The van der Waals surface area contributed by atoms with Gasteiger partial charge in [-0.1, -0.05) is 26.0 Å². The molecule has 2 aromatic carbocycles. The maximum Gasteiger partial charge on any atom is 0.229 e. The van der Waals surface area contributed by atoms with Crippen LogP contribution >= 0.6 is 0 Å². The van der Waals surface area contributed by atoms with Crippen LogP contribution < -0.4 is 15.1 Å². The highest BCUT2D eigenvalue weighted by atomic mass is 16.2. The molecule has 2 saturated heterocycles. The first-order valence-electron chi connectivity index (χ1n) is 11.8. The summed E-state index contributed by atoms with van der Waals surface area (Å²) in [5, 5.41) is 3.07. The summed E-state index contributed by atoms with van der Waals surface area (Å²) >= 11 is 0. The predicted octanol–water partition coefficient (Wildman–Crippen LogP) is 3.69. The molecule has 4 rings (SSSR count). The molecule has 32 heavy (non-hydrogen) atoms. The Hall–Kier alpha value is -2.86. The van der Waals surface area contributed by atoms with Crippen LogP contribution in [0.3, 0.4) is 0 Å². The summed E-state index contributed by atoms with van der Waals surface area (Å²) in [6.07, 6.45) is 1.17. The van der Waals surface area contributed by atoms with Crippen LogP contribution in [0.15, 0.2) is 42.5 Å². The molecule has 6 heteroatoms. The molecule has 2 aliphatic heterocycles. The average Bonchev–Trinajstić information content (AvgIpc) is 3.22. The molecule has 2 amide bonds. The topological polar surface area (TPSA) is 55.9 Å². The van der Waals surface area contributed by atoms with Crippen molar-refractivity contribution in [3.63, 3.8) is 0 Å². The fourth-order valence-corrected chi connectivity index (χ4v) is 4.62. The minimum atomic E-state index is -0.339. The molecule has 0 aromatic heterocycles. The maximum absolute atomic E-state index is 13.0. The van der Waals surface area contributed by atoms with E-state index in [1.165, 1.54) is 11.3 Å². The Kier molecular flexibility index (Phi) is 6.80. The van der Waals surface area contributed by atoms with Crippen LogP contribution in [0.2, 0.25) is 0 Å². The van der Waals surface area contributed by atoms with Crippen LogP contribution in [0.4, 0.5) is 17.1 Å². The van der Waals surface area contributed by atoms with E-state index < -0.39 is 0 Å². The number of hydrogen-bond acceptors (Lipinski definition) is 4. The molecule has 2 fully saturated rings. The monoisotopic (exact) mass is 434 g/mol. The highest BCUT2D eigenvalue weighted by molar-refractivity contribution is 6.03. The molecule has 2 heterocycles. The van der Waals surface area contributed by atoms with Gasteiger partial charge in [0.15, 0.2) is 0 Å². The highest BCUT2D eigenvalue weighted by Crippen LogP contribution is 2.28. The van der Waals surface area contributed by atoms with Gasteiger partial charge in [0.25, 0.3) is 0 Å². The highest BCUT2D eigenvalue weighted by Gasteiger charge is 2.35. The van der Waals surface area contributed by atoms with Crippen LogP contribution in [0.5, 0.6) is 0 Å². The minimum Gasteiger partial charge on any atom is -0.369 e. The predicted molar refractivity (Wildman–Crippen MR) is 130 cm³/mol. The third-order valence-electron chi connectivity index (χ3n) is 6.78. The summed E-state index contributed by atoms with van der Waals surface area (Å²) < 4.78 is 0. The Morgan fingerprint density at radius 1 is 1.03 bits per heavy atom. The minimum absolute atomic E-state index is 0.0108. The summed E-state index contributed by atoms with van der Waals surface area (Å²) in [5.74, 6) is -0.411. The van der Waals surface area contributed by atoms with Crippen molar-refractivity contribution in [3.8, 4) is 0 Å². The number of anilines is 3. The summed E-state index contributed by atoms with van der Waals surface area (Å²) in [4.78, 5) is 32.2. The standard InChI is InChI=1S/C26H34N4O2/c1-4-20-7-6-8-23(16-20)30-18-21(17-25(30)31)26(32)27-24-10-9-22(15-19(24)3)29-13-11-28(5-2)12-14-29/h6-10,15-16,21H,4-5,11-14,17-18H2,1-3H3,(H,27,32). The molecule has 1 unspecified atom stereocenters. The van der Waals surface area contributed by atoms with Gasteiger partial charge in [-0.3, -0.25) is 9.59 Å². The lowest BCUT2D eigenvalue weighted by Crippen LogP contribution is -2.46. The van der Waals surface area contributed by atoms with Gasteiger partial charge in [0, 0.05) is 56.2 Å². The van der Waals surface area contributed by atoms with Crippen molar-refractivity contribution < 1.29 is 9.59 Å².